The predicted octanol–water partition coefficient (Wildman–Crippen LogP) is 2.35. The van der Waals surface area contributed by atoms with Crippen LogP contribution < -0.4 is 10.1 Å². The van der Waals surface area contributed by atoms with E-state index in [2.05, 4.69) is 5.32 Å². The molecule has 0 atom stereocenters. The van der Waals surface area contributed by atoms with E-state index in [9.17, 15) is 14.4 Å². The Morgan fingerprint density at radius 3 is 2.20 bits per heavy atom. The third-order valence-electron chi connectivity index (χ3n) is 3.19. The van der Waals surface area contributed by atoms with Crippen molar-refractivity contribution in [2.45, 2.75) is 12.8 Å². The lowest BCUT2D eigenvalue weighted by Crippen LogP contribution is -2.34. The van der Waals surface area contributed by atoms with Crippen LogP contribution in [0.3, 0.4) is 0 Å². The van der Waals surface area contributed by atoms with Crippen LogP contribution in [0.2, 0.25) is 0 Å². The summed E-state index contributed by atoms with van der Waals surface area (Å²) in [6.45, 7) is -0.116. The molecule has 0 aliphatic rings. The minimum Gasteiger partial charge on any atom is -0.494 e. The number of nitrogens with one attached hydrogen (secondary N) is 1. The van der Waals surface area contributed by atoms with Gasteiger partial charge in [0, 0.05) is 12.0 Å². The van der Waals surface area contributed by atoms with E-state index >= 15 is 0 Å². The first-order chi connectivity index (χ1) is 12.1. The van der Waals surface area contributed by atoms with Gasteiger partial charge in [0.1, 0.15) is 5.75 Å². The van der Waals surface area contributed by atoms with E-state index < -0.39 is 24.4 Å². The van der Waals surface area contributed by atoms with Gasteiger partial charge in [0.05, 0.1) is 6.61 Å². The molecule has 0 heterocycles. The van der Waals surface area contributed by atoms with Gasteiger partial charge in [-0.1, -0.05) is 36.4 Å². The first-order valence-electron chi connectivity index (χ1n) is 7.88. The van der Waals surface area contributed by atoms with Crippen molar-refractivity contribution in [3.8, 4) is 5.75 Å². The molecule has 0 spiro atoms. The summed E-state index contributed by atoms with van der Waals surface area (Å²) in [7, 11) is 0. The number of esters is 1. The Hall–Kier alpha value is -3.15. The molecule has 0 aromatic heterocycles. The highest BCUT2D eigenvalue weighted by atomic mass is 16.5. The molecule has 6 nitrogen and oxygen atoms in total. The van der Waals surface area contributed by atoms with Gasteiger partial charge < -0.3 is 9.47 Å². The summed E-state index contributed by atoms with van der Waals surface area (Å²) >= 11 is 0. The van der Waals surface area contributed by atoms with Gasteiger partial charge in [-0.25, -0.2) is 0 Å². The smallest absolute Gasteiger partial charge is 0.306 e. The molecule has 0 radical (unpaired) electrons. The van der Waals surface area contributed by atoms with Crippen molar-refractivity contribution < 1.29 is 23.9 Å². The van der Waals surface area contributed by atoms with Crippen LogP contribution in [0.25, 0.3) is 0 Å². The predicted molar refractivity (Wildman–Crippen MR) is 91.0 cm³/mol. The van der Waals surface area contributed by atoms with Crippen molar-refractivity contribution in [3.05, 3.63) is 66.2 Å². The zero-order chi connectivity index (χ0) is 17.9. The highest BCUT2D eigenvalue weighted by molar-refractivity contribution is 6.05. The number of carbonyl (C=O) groups excluding carboxylic acids is 3. The summed E-state index contributed by atoms with van der Waals surface area (Å²) in [6, 6.07) is 17.6. The zero-order valence-corrected chi connectivity index (χ0v) is 13.6. The summed E-state index contributed by atoms with van der Waals surface area (Å²) in [5.74, 6) is -0.978. The van der Waals surface area contributed by atoms with E-state index in [-0.39, 0.29) is 6.42 Å². The van der Waals surface area contributed by atoms with Gasteiger partial charge in [0.15, 0.2) is 6.61 Å². The Balaban J connectivity index is 1.59. The van der Waals surface area contributed by atoms with Crippen molar-refractivity contribution >= 4 is 17.8 Å². The van der Waals surface area contributed by atoms with Crippen molar-refractivity contribution in [2.24, 2.45) is 0 Å². The molecule has 1 N–H and O–H groups in total. The molecule has 2 amide bonds. The second kappa shape index (κ2) is 9.87. The van der Waals surface area contributed by atoms with E-state index in [1.165, 1.54) is 0 Å². The van der Waals surface area contributed by atoms with Crippen LogP contribution in [-0.2, 0) is 14.3 Å². The van der Waals surface area contributed by atoms with Gasteiger partial charge in [0.25, 0.3) is 11.8 Å². The molecule has 2 aromatic rings. The highest BCUT2D eigenvalue weighted by Gasteiger charge is 2.12. The average Bonchev–Trinajstić information content (AvgIpc) is 2.65. The zero-order valence-electron chi connectivity index (χ0n) is 13.6. The van der Waals surface area contributed by atoms with Crippen LogP contribution in [0.15, 0.2) is 60.7 Å². The molecule has 2 rings (SSSR count). The Bertz CT molecular complexity index is 700. The molecule has 2 aromatic carbocycles. The first kappa shape index (κ1) is 18.2. The summed E-state index contributed by atoms with van der Waals surface area (Å²) in [4.78, 5) is 34.9. The first-order valence-corrected chi connectivity index (χ1v) is 7.88. The van der Waals surface area contributed by atoms with E-state index in [1.54, 1.807) is 30.3 Å². The van der Waals surface area contributed by atoms with Crippen LogP contribution in [0.4, 0.5) is 0 Å². The van der Waals surface area contributed by atoms with Gasteiger partial charge >= 0.3 is 5.97 Å². The van der Waals surface area contributed by atoms with Crippen molar-refractivity contribution in [2.75, 3.05) is 13.2 Å². The van der Waals surface area contributed by atoms with E-state index in [0.717, 1.165) is 5.75 Å². The average molecular weight is 341 g/mol. The van der Waals surface area contributed by atoms with Gasteiger partial charge in [-0.2, -0.15) is 0 Å². The molecule has 25 heavy (non-hydrogen) atoms. The van der Waals surface area contributed by atoms with E-state index in [0.29, 0.717) is 18.6 Å². The molecule has 0 saturated heterocycles. The Morgan fingerprint density at radius 2 is 1.52 bits per heavy atom. The van der Waals surface area contributed by atoms with E-state index in [1.807, 2.05) is 30.3 Å². The number of rotatable bonds is 8. The third-order valence-corrected chi connectivity index (χ3v) is 3.19. The molecule has 0 bridgehead atoms. The van der Waals surface area contributed by atoms with Gasteiger partial charge in [-0.3, -0.25) is 19.7 Å². The van der Waals surface area contributed by atoms with Gasteiger partial charge in [0.2, 0.25) is 0 Å². The molecular weight excluding hydrogens is 322 g/mol. The molecule has 130 valence electrons. The van der Waals surface area contributed by atoms with Crippen LogP contribution in [0, 0.1) is 0 Å². The maximum absolute atomic E-state index is 11.8. The van der Waals surface area contributed by atoms with E-state index in [4.69, 9.17) is 9.47 Å². The quantitative estimate of drug-likeness (QED) is 0.589. The normalized spacial score (nSPS) is 9.92. The largest absolute Gasteiger partial charge is 0.494 e. The van der Waals surface area contributed by atoms with Crippen LogP contribution in [-0.4, -0.2) is 31.0 Å². The van der Waals surface area contributed by atoms with Crippen LogP contribution in [0.5, 0.6) is 5.75 Å². The number of amides is 2. The Labute approximate surface area is 145 Å². The third kappa shape index (κ3) is 6.87. The fourth-order valence-electron chi connectivity index (χ4n) is 1.97. The number of imide groups is 1. The molecule has 6 heteroatoms. The minimum atomic E-state index is -0.664. The molecule has 0 aliphatic carbocycles. The second-order valence-corrected chi connectivity index (χ2v) is 5.17. The maximum Gasteiger partial charge on any atom is 0.306 e. The standard InChI is InChI=1S/C19H19NO5/c21-17(20-19(23)15-8-3-1-4-9-15)14-25-18(22)12-7-13-24-16-10-5-2-6-11-16/h1-6,8-11H,7,12-14H2,(H,20,21,23). The lowest BCUT2D eigenvalue weighted by atomic mass is 10.2. The SMILES string of the molecule is O=C(COC(=O)CCCOc1ccccc1)NC(=O)c1ccccc1. The number of hydrogen-bond acceptors (Lipinski definition) is 5. The number of para-hydroxylation sites is 1. The number of hydrogen-bond donors (Lipinski definition) is 1. The van der Waals surface area contributed by atoms with Crippen molar-refractivity contribution in [1.82, 2.24) is 5.32 Å². The summed E-state index contributed by atoms with van der Waals surface area (Å²) < 4.78 is 10.3. The minimum absolute atomic E-state index is 0.132. The topological polar surface area (TPSA) is 81.7 Å². The van der Waals surface area contributed by atoms with Crippen LogP contribution in [0.1, 0.15) is 23.2 Å². The van der Waals surface area contributed by atoms with Crippen molar-refractivity contribution in [3.63, 3.8) is 0 Å². The lowest BCUT2D eigenvalue weighted by Gasteiger charge is -2.07. The Kier molecular flexibility index (Phi) is 7.18. The fraction of sp³-hybridized carbons (Fsp3) is 0.211. The molecule has 0 saturated carbocycles. The Morgan fingerprint density at radius 1 is 0.880 bits per heavy atom. The van der Waals surface area contributed by atoms with Gasteiger partial charge in [-0.15, -0.1) is 0 Å². The number of benzene rings is 2. The summed E-state index contributed by atoms with van der Waals surface area (Å²) in [5.41, 5.74) is 0.361. The van der Waals surface area contributed by atoms with Crippen molar-refractivity contribution in [1.29, 1.82) is 0 Å². The highest BCUT2D eigenvalue weighted by Crippen LogP contribution is 2.08. The number of carbonyl (C=O) groups is 3. The fourth-order valence-corrected chi connectivity index (χ4v) is 1.97. The van der Waals surface area contributed by atoms with Gasteiger partial charge in [-0.05, 0) is 30.7 Å². The molecule has 0 aliphatic heterocycles. The summed E-state index contributed by atoms with van der Waals surface area (Å²) in [5, 5.41) is 2.16. The summed E-state index contributed by atoms with van der Waals surface area (Å²) in [6.07, 6.45) is 0.602. The second-order valence-electron chi connectivity index (χ2n) is 5.17. The monoisotopic (exact) mass is 341 g/mol. The maximum atomic E-state index is 11.8. The number of ether oxygens (including phenoxy) is 2. The lowest BCUT2D eigenvalue weighted by molar-refractivity contribution is -0.148. The molecular formula is C19H19NO5. The molecule has 0 unspecified atom stereocenters. The molecule has 0 fully saturated rings. The van der Waals surface area contributed by atoms with Crippen LogP contribution >= 0.6 is 0 Å².